The van der Waals surface area contributed by atoms with E-state index in [1.807, 2.05) is 50.2 Å². The van der Waals surface area contributed by atoms with Crippen LogP contribution in [0.25, 0.3) is 11.4 Å². The number of hydrogen-bond donors (Lipinski definition) is 0. The van der Waals surface area contributed by atoms with Gasteiger partial charge in [0.2, 0.25) is 0 Å². The number of aromatic nitrogens is 2. The summed E-state index contributed by atoms with van der Waals surface area (Å²) in [7, 11) is -1.08. The van der Waals surface area contributed by atoms with Crippen molar-refractivity contribution in [3.63, 3.8) is 0 Å². The fraction of sp³-hybridized carbons (Fsp3) is 0.375. The van der Waals surface area contributed by atoms with Crippen LogP contribution >= 0.6 is 11.8 Å². The Hall–Kier alpha value is -1.20. The van der Waals surface area contributed by atoms with Gasteiger partial charge in [0, 0.05) is 10.5 Å². The highest BCUT2D eigenvalue weighted by atomic mass is 32.2. The van der Waals surface area contributed by atoms with Gasteiger partial charge < -0.3 is 0 Å². The summed E-state index contributed by atoms with van der Waals surface area (Å²) in [6.45, 7) is 8.15. The van der Waals surface area contributed by atoms with Crippen LogP contribution in [-0.2, 0) is 10.8 Å². The molecule has 2 aromatic heterocycles. The average molecular weight is 320 g/mol. The zero-order chi connectivity index (χ0) is 15.4. The summed E-state index contributed by atoms with van der Waals surface area (Å²) < 4.78 is 12.2. The molecule has 0 aliphatic heterocycles. The maximum Gasteiger partial charge on any atom is 0.128 e. The summed E-state index contributed by atoms with van der Waals surface area (Å²) in [6.07, 6.45) is 0. The fourth-order valence-electron chi connectivity index (χ4n) is 1.78. The molecule has 0 aliphatic carbocycles. The van der Waals surface area contributed by atoms with Gasteiger partial charge in [0.1, 0.15) is 5.03 Å². The molecule has 0 radical (unpaired) electrons. The number of nitrogens with zero attached hydrogens (tertiary/aromatic N) is 2. The predicted molar refractivity (Wildman–Crippen MR) is 90.0 cm³/mol. The molecule has 0 bridgehead atoms. The monoisotopic (exact) mass is 320 g/mol. The molecule has 0 saturated carbocycles. The SMILES string of the molecule is CC(C)Sc1cccc(-c2cccc(S(=O)C(C)C)n2)n1. The Morgan fingerprint density at radius 3 is 2.19 bits per heavy atom. The third-order valence-corrected chi connectivity index (χ3v) is 5.14. The van der Waals surface area contributed by atoms with Crippen LogP contribution < -0.4 is 0 Å². The van der Waals surface area contributed by atoms with Gasteiger partial charge in [0.05, 0.1) is 27.2 Å². The van der Waals surface area contributed by atoms with Crippen LogP contribution in [0.5, 0.6) is 0 Å². The molecule has 1 atom stereocenters. The number of pyridine rings is 2. The van der Waals surface area contributed by atoms with Gasteiger partial charge in [0.15, 0.2) is 0 Å². The van der Waals surface area contributed by atoms with Crippen molar-refractivity contribution in [1.82, 2.24) is 9.97 Å². The van der Waals surface area contributed by atoms with Crippen LogP contribution in [0, 0.1) is 0 Å². The van der Waals surface area contributed by atoms with E-state index in [4.69, 9.17) is 0 Å². The molecular formula is C16H20N2OS2. The van der Waals surface area contributed by atoms with Crippen LogP contribution in [0.15, 0.2) is 46.5 Å². The minimum absolute atomic E-state index is 0.0588. The molecular weight excluding hydrogens is 300 g/mol. The second-order valence-corrected chi connectivity index (χ2v) is 8.79. The number of hydrogen-bond acceptors (Lipinski definition) is 4. The number of rotatable bonds is 5. The molecule has 0 amide bonds. The molecule has 0 saturated heterocycles. The Morgan fingerprint density at radius 2 is 1.57 bits per heavy atom. The van der Waals surface area contributed by atoms with Gasteiger partial charge in [-0.15, -0.1) is 11.8 Å². The van der Waals surface area contributed by atoms with Crippen molar-refractivity contribution in [2.24, 2.45) is 0 Å². The summed E-state index contributed by atoms with van der Waals surface area (Å²) >= 11 is 1.72. The standard InChI is InChI=1S/C16H20N2OS2/c1-11(2)20-15-9-5-7-13(17-15)14-8-6-10-16(18-14)21(19)12(3)4/h5-12H,1-4H3. The van der Waals surface area contributed by atoms with Crippen LogP contribution in [0.2, 0.25) is 0 Å². The number of thioether (sulfide) groups is 1. The van der Waals surface area contributed by atoms with Gasteiger partial charge in [-0.2, -0.15) is 0 Å². The maximum atomic E-state index is 12.2. The Bertz CT molecular complexity index is 642. The predicted octanol–water partition coefficient (Wildman–Crippen LogP) is 4.16. The van der Waals surface area contributed by atoms with Crippen molar-refractivity contribution < 1.29 is 4.21 Å². The molecule has 2 heterocycles. The van der Waals surface area contributed by atoms with Crippen molar-refractivity contribution >= 4 is 22.6 Å². The van der Waals surface area contributed by atoms with Crippen LogP contribution in [0.1, 0.15) is 27.7 Å². The van der Waals surface area contributed by atoms with Gasteiger partial charge in [-0.25, -0.2) is 9.97 Å². The molecule has 21 heavy (non-hydrogen) atoms. The summed E-state index contributed by atoms with van der Waals surface area (Å²) in [4.78, 5) is 9.14. The van der Waals surface area contributed by atoms with Gasteiger partial charge in [0.25, 0.3) is 0 Å². The largest absolute Gasteiger partial charge is 0.252 e. The van der Waals surface area contributed by atoms with E-state index in [9.17, 15) is 4.21 Å². The van der Waals surface area contributed by atoms with Crippen LogP contribution in [0.3, 0.4) is 0 Å². The van der Waals surface area contributed by atoms with Gasteiger partial charge in [-0.1, -0.05) is 39.8 Å². The summed E-state index contributed by atoms with van der Waals surface area (Å²) in [6, 6.07) is 11.5. The quantitative estimate of drug-likeness (QED) is 0.776. The Kier molecular flexibility index (Phi) is 5.53. The van der Waals surface area contributed by atoms with E-state index in [-0.39, 0.29) is 5.25 Å². The normalized spacial score (nSPS) is 12.9. The van der Waals surface area contributed by atoms with Crippen molar-refractivity contribution in [3.8, 4) is 11.4 Å². The van der Waals surface area contributed by atoms with Gasteiger partial charge in [-0.05, 0) is 24.3 Å². The van der Waals surface area contributed by atoms with Crippen molar-refractivity contribution in [2.75, 3.05) is 0 Å². The van der Waals surface area contributed by atoms with Crippen molar-refractivity contribution in [3.05, 3.63) is 36.4 Å². The zero-order valence-electron chi connectivity index (χ0n) is 12.7. The summed E-state index contributed by atoms with van der Waals surface area (Å²) in [5, 5.41) is 2.15. The van der Waals surface area contributed by atoms with Crippen molar-refractivity contribution in [2.45, 2.75) is 48.2 Å². The molecule has 0 spiro atoms. The Balaban J connectivity index is 2.34. The minimum Gasteiger partial charge on any atom is -0.252 e. The van der Waals surface area contributed by atoms with Gasteiger partial charge in [-0.3, -0.25) is 4.21 Å². The lowest BCUT2D eigenvalue weighted by Crippen LogP contribution is -2.07. The lowest BCUT2D eigenvalue weighted by Gasteiger charge is -2.08. The van der Waals surface area contributed by atoms with Crippen LogP contribution in [0.4, 0.5) is 0 Å². The first-order valence-corrected chi connectivity index (χ1v) is 9.08. The zero-order valence-corrected chi connectivity index (χ0v) is 14.4. The Morgan fingerprint density at radius 1 is 0.952 bits per heavy atom. The third kappa shape index (κ3) is 4.38. The highest BCUT2D eigenvalue weighted by Gasteiger charge is 2.12. The summed E-state index contributed by atoms with van der Waals surface area (Å²) in [5.41, 5.74) is 1.59. The van der Waals surface area contributed by atoms with E-state index in [0.29, 0.717) is 10.3 Å². The highest BCUT2D eigenvalue weighted by Crippen LogP contribution is 2.24. The first-order valence-electron chi connectivity index (χ1n) is 6.99. The van der Waals surface area contributed by atoms with E-state index in [1.54, 1.807) is 11.8 Å². The third-order valence-electron chi connectivity index (χ3n) is 2.70. The highest BCUT2D eigenvalue weighted by molar-refractivity contribution is 7.99. The molecule has 1 unspecified atom stereocenters. The molecule has 112 valence electrons. The molecule has 2 rings (SSSR count). The van der Waals surface area contributed by atoms with E-state index in [2.05, 4.69) is 23.8 Å². The van der Waals surface area contributed by atoms with E-state index in [1.165, 1.54) is 0 Å². The fourth-order valence-corrected chi connectivity index (χ4v) is 3.45. The van der Waals surface area contributed by atoms with Gasteiger partial charge >= 0.3 is 0 Å². The second-order valence-electron chi connectivity index (χ2n) is 5.23. The molecule has 0 fully saturated rings. The first-order chi connectivity index (χ1) is 9.97. The molecule has 3 nitrogen and oxygen atoms in total. The smallest absolute Gasteiger partial charge is 0.128 e. The summed E-state index contributed by atoms with van der Waals surface area (Å²) in [5.74, 6) is 0. The molecule has 0 aliphatic rings. The lowest BCUT2D eigenvalue weighted by molar-refractivity contribution is 0.674. The van der Waals surface area contributed by atoms with E-state index < -0.39 is 10.8 Å². The average Bonchev–Trinajstić information content (AvgIpc) is 2.46. The molecule has 2 aromatic rings. The maximum absolute atomic E-state index is 12.2. The minimum atomic E-state index is -1.08. The van der Waals surface area contributed by atoms with E-state index in [0.717, 1.165) is 16.4 Å². The Labute approximate surface area is 133 Å². The lowest BCUT2D eigenvalue weighted by atomic mass is 10.2. The second kappa shape index (κ2) is 7.18. The topological polar surface area (TPSA) is 42.9 Å². The molecule has 0 N–H and O–H groups in total. The van der Waals surface area contributed by atoms with E-state index >= 15 is 0 Å². The molecule has 5 heteroatoms. The molecule has 0 aromatic carbocycles. The van der Waals surface area contributed by atoms with Crippen molar-refractivity contribution in [1.29, 1.82) is 0 Å². The first kappa shape index (κ1) is 16.2. The van der Waals surface area contributed by atoms with Crippen LogP contribution in [-0.4, -0.2) is 24.7 Å².